The van der Waals surface area contributed by atoms with Gasteiger partial charge in [-0.15, -0.1) is 0 Å². The molecule has 2 aromatic carbocycles. The van der Waals surface area contributed by atoms with Gasteiger partial charge in [-0.3, -0.25) is 4.79 Å². The molecule has 2 unspecified atom stereocenters. The van der Waals surface area contributed by atoms with Crippen molar-refractivity contribution in [2.75, 3.05) is 6.61 Å². The van der Waals surface area contributed by atoms with E-state index < -0.39 is 0 Å². The lowest BCUT2D eigenvalue weighted by molar-refractivity contribution is -0.125. The zero-order valence-electron chi connectivity index (χ0n) is 12.0. The zero-order chi connectivity index (χ0) is 14.5. The summed E-state index contributed by atoms with van der Waals surface area (Å²) in [6.07, 6.45) is 0.700. The normalized spacial score (nSPS) is 13.9. The van der Waals surface area contributed by atoms with Crippen LogP contribution in [0.3, 0.4) is 0 Å². The van der Waals surface area contributed by atoms with Crippen LogP contribution in [-0.4, -0.2) is 23.7 Å². The molecule has 0 aliphatic rings. The van der Waals surface area contributed by atoms with Crippen LogP contribution < -0.4 is 5.32 Å². The van der Waals surface area contributed by atoms with Gasteiger partial charge < -0.3 is 10.4 Å². The molecule has 1 amide bonds. The van der Waals surface area contributed by atoms with Gasteiger partial charge in [0.05, 0.1) is 6.61 Å². The number of hydrogen-bond acceptors (Lipinski definition) is 2. The summed E-state index contributed by atoms with van der Waals surface area (Å²) in [6.45, 7) is 3.68. The Morgan fingerprint density at radius 1 is 1.15 bits per heavy atom. The Morgan fingerprint density at radius 2 is 1.85 bits per heavy atom. The first-order chi connectivity index (χ1) is 9.61. The topological polar surface area (TPSA) is 49.3 Å². The SMILES string of the molecule is CC(CO)NC(=O)C(C)Cc1cccc2ccccc12. The molecule has 2 N–H and O–H groups in total. The van der Waals surface area contributed by atoms with E-state index >= 15 is 0 Å². The molecule has 106 valence electrons. The van der Waals surface area contributed by atoms with Crippen LogP contribution in [0, 0.1) is 5.92 Å². The fourth-order valence-corrected chi connectivity index (χ4v) is 2.32. The molecule has 20 heavy (non-hydrogen) atoms. The molecule has 0 bridgehead atoms. The van der Waals surface area contributed by atoms with Gasteiger partial charge in [0.2, 0.25) is 5.91 Å². The third kappa shape index (κ3) is 3.36. The molecule has 0 aliphatic carbocycles. The van der Waals surface area contributed by atoms with Crippen molar-refractivity contribution in [2.45, 2.75) is 26.3 Å². The number of fused-ring (bicyclic) bond motifs is 1. The summed E-state index contributed by atoms with van der Waals surface area (Å²) in [7, 11) is 0. The van der Waals surface area contributed by atoms with Crippen molar-refractivity contribution in [3.8, 4) is 0 Å². The van der Waals surface area contributed by atoms with Crippen molar-refractivity contribution in [3.05, 3.63) is 48.0 Å². The maximum Gasteiger partial charge on any atom is 0.223 e. The molecular formula is C17H21NO2. The van der Waals surface area contributed by atoms with E-state index in [4.69, 9.17) is 5.11 Å². The summed E-state index contributed by atoms with van der Waals surface area (Å²) in [6, 6.07) is 14.2. The summed E-state index contributed by atoms with van der Waals surface area (Å²) < 4.78 is 0. The minimum Gasteiger partial charge on any atom is -0.394 e. The molecule has 2 rings (SSSR count). The highest BCUT2D eigenvalue weighted by atomic mass is 16.3. The largest absolute Gasteiger partial charge is 0.394 e. The molecule has 0 heterocycles. The number of aliphatic hydroxyl groups is 1. The summed E-state index contributed by atoms with van der Waals surface area (Å²) in [5.41, 5.74) is 1.18. The second kappa shape index (κ2) is 6.53. The van der Waals surface area contributed by atoms with E-state index in [0.717, 1.165) is 0 Å². The van der Waals surface area contributed by atoms with Crippen LogP contribution in [0.5, 0.6) is 0 Å². The van der Waals surface area contributed by atoms with Gasteiger partial charge >= 0.3 is 0 Å². The molecular weight excluding hydrogens is 250 g/mol. The van der Waals surface area contributed by atoms with Gasteiger partial charge in [-0.25, -0.2) is 0 Å². The van der Waals surface area contributed by atoms with Crippen molar-refractivity contribution in [2.24, 2.45) is 5.92 Å². The van der Waals surface area contributed by atoms with Crippen LogP contribution >= 0.6 is 0 Å². The van der Waals surface area contributed by atoms with Gasteiger partial charge in [-0.2, -0.15) is 0 Å². The Hall–Kier alpha value is -1.87. The predicted octanol–water partition coefficient (Wildman–Crippen LogP) is 2.52. The maximum absolute atomic E-state index is 12.0. The lowest BCUT2D eigenvalue weighted by Gasteiger charge is -2.16. The fourth-order valence-electron chi connectivity index (χ4n) is 2.32. The van der Waals surface area contributed by atoms with Crippen LogP contribution in [0.25, 0.3) is 10.8 Å². The number of benzene rings is 2. The van der Waals surface area contributed by atoms with Crippen molar-refractivity contribution < 1.29 is 9.90 Å². The number of carbonyl (C=O) groups excluding carboxylic acids is 1. The Kier molecular flexibility index (Phi) is 4.74. The molecule has 0 saturated heterocycles. The maximum atomic E-state index is 12.0. The average Bonchev–Trinajstić information content (AvgIpc) is 2.47. The molecule has 0 aliphatic heterocycles. The standard InChI is InChI=1S/C17H21NO2/c1-12(17(20)18-13(2)11-19)10-15-8-5-7-14-6-3-4-9-16(14)15/h3-9,12-13,19H,10-11H2,1-2H3,(H,18,20). The molecule has 0 radical (unpaired) electrons. The van der Waals surface area contributed by atoms with Gasteiger partial charge in [0.1, 0.15) is 0 Å². The van der Waals surface area contributed by atoms with Crippen molar-refractivity contribution in [1.82, 2.24) is 5.32 Å². The van der Waals surface area contributed by atoms with Crippen molar-refractivity contribution in [1.29, 1.82) is 0 Å². The molecule has 0 fully saturated rings. The van der Waals surface area contributed by atoms with Crippen molar-refractivity contribution >= 4 is 16.7 Å². The lowest BCUT2D eigenvalue weighted by atomic mass is 9.95. The molecule has 0 spiro atoms. The zero-order valence-corrected chi connectivity index (χ0v) is 12.0. The smallest absolute Gasteiger partial charge is 0.223 e. The average molecular weight is 271 g/mol. The van der Waals surface area contributed by atoms with Crippen LogP contribution in [0.1, 0.15) is 19.4 Å². The second-order valence-corrected chi connectivity index (χ2v) is 5.34. The minimum absolute atomic E-state index is 0.0144. The van der Waals surface area contributed by atoms with E-state index in [2.05, 4.69) is 29.6 Å². The molecule has 0 saturated carbocycles. The second-order valence-electron chi connectivity index (χ2n) is 5.34. The highest BCUT2D eigenvalue weighted by Gasteiger charge is 2.16. The van der Waals surface area contributed by atoms with E-state index in [1.165, 1.54) is 16.3 Å². The first-order valence-corrected chi connectivity index (χ1v) is 6.99. The molecule has 3 heteroatoms. The van der Waals surface area contributed by atoms with Gasteiger partial charge in [-0.1, -0.05) is 49.4 Å². The summed E-state index contributed by atoms with van der Waals surface area (Å²) >= 11 is 0. The van der Waals surface area contributed by atoms with Crippen LogP contribution in [0.2, 0.25) is 0 Å². The van der Waals surface area contributed by atoms with Gasteiger partial charge in [-0.05, 0) is 29.7 Å². The fraction of sp³-hybridized carbons (Fsp3) is 0.353. The number of hydrogen-bond donors (Lipinski definition) is 2. The molecule has 2 aromatic rings. The Morgan fingerprint density at radius 3 is 2.60 bits per heavy atom. The first kappa shape index (κ1) is 14.5. The number of rotatable bonds is 5. The summed E-state index contributed by atoms with van der Waals surface area (Å²) in [4.78, 5) is 12.0. The number of amides is 1. The molecule has 0 aromatic heterocycles. The Labute approximate surface area is 119 Å². The van der Waals surface area contributed by atoms with Gasteiger partial charge in [0, 0.05) is 12.0 Å². The summed E-state index contributed by atoms with van der Waals surface area (Å²) in [5, 5.41) is 14.2. The van der Waals surface area contributed by atoms with Gasteiger partial charge in [0.25, 0.3) is 0 Å². The Bertz CT molecular complexity index is 589. The van der Waals surface area contributed by atoms with E-state index in [1.54, 1.807) is 6.92 Å². The highest BCUT2D eigenvalue weighted by Crippen LogP contribution is 2.21. The van der Waals surface area contributed by atoms with E-state index in [9.17, 15) is 4.79 Å². The van der Waals surface area contributed by atoms with E-state index in [1.807, 2.05) is 25.1 Å². The lowest BCUT2D eigenvalue weighted by Crippen LogP contribution is -2.38. The minimum atomic E-state index is -0.197. The van der Waals surface area contributed by atoms with Gasteiger partial charge in [0.15, 0.2) is 0 Å². The third-order valence-corrected chi connectivity index (χ3v) is 3.52. The number of carbonyl (C=O) groups is 1. The van der Waals surface area contributed by atoms with Crippen LogP contribution in [0.15, 0.2) is 42.5 Å². The third-order valence-electron chi connectivity index (χ3n) is 3.52. The molecule has 3 nitrogen and oxygen atoms in total. The number of nitrogens with one attached hydrogen (secondary N) is 1. The number of aliphatic hydroxyl groups excluding tert-OH is 1. The molecule has 2 atom stereocenters. The quantitative estimate of drug-likeness (QED) is 0.878. The first-order valence-electron chi connectivity index (χ1n) is 6.99. The predicted molar refractivity (Wildman–Crippen MR) is 81.5 cm³/mol. The van der Waals surface area contributed by atoms with E-state index in [-0.39, 0.29) is 24.5 Å². The van der Waals surface area contributed by atoms with Crippen LogP contribution in [-0.2, 0) is 11.2 Å². The monoisotopic (exact) mass is 271 g/mol. The van der Waals surface area contributed by atoms with Crippen molar-refractivity contribution in [3.63, 3.8) is 0 Å². The van der Waals surface area contributed by atoms with E-state index in [0.29, 0.717) is 6.42 Å². The summed E-state index contributed by atoms with van der Waals surface area (Å²) in [5.74, 6) is -0.130. The highest BCUT2D eigenvalue weighted by molar-refractivity contribution is 5.86. The Balaban J connectivity index is 2.14. The van der Waals surface area contributed by atoms with Crippen LogP contribution in [0.4, 0.5) is 0 Å².